The molecule has 1 heterocycles. The van der Waals surface area contributed by atoms with Crippen molar-refractivity contribution in [2.75, 3.05) is 26.3 Å². The van der Waals surface area contributed by atoms with Crippen molar-refractivity contribution in [3.8, 4) is 0 Å². The van der Waals surface area contributed by atoms with Gasteiger partial charge in [-0.15, -0.1) is 0 Å². The van der Waals surface area contributed by atoms with Crippen LogP contribution >= 0.6 is 12.2 Å². The van der Waals surface area contributed by atoms with Crippen LogP contribution in [0, 0.1) is 0 Å². The van der Waals surface area contributed by atoms with E-state index in [0.717, 1.165) is 57.2 Å². The van der Waals surface area contributed by atoms with Crippen molar-refractivity contribution in [1.29, 1.82) is 0 Å². The Morgan fingerprint density at radius 2 is 2.17 bits per heavy atom. The van der Waals surface area contributed by atoms with E-state index in [9.17, 15) is 0 Å². The average Bonchev–Trinajstić information content (AvgIpc) is 3.07. The molecule has 5 heteroatoms. The van der Waals surface area contributed by atoms with Crippen LogP contribution in [0.5, 0.6) is 0 Å². The van der Waals surface area contributed by atoms with Crippen LogP contribution in [-0.4, -0.2) is 48.5 Å². The third-order valence-electron chi connectivity index (χ3n) is 4.00. The molecule has 1 fully saturated rings. The Labute approximate surface area is 151 Å². The van der Waals surface area contributed by atoms with Crippen LogP contribution < -0.4 is 5.32 Å². The van der Waals surface area contributed by atoms with Gasteiger partial charge < -0.3 is 19.7 Å². The van der Waals surface area contributed by atoms with E-state index in [2.05, 4.69) is 48.3 Å². The topological polar surface area (TPSA) is 33.7 Å². The molecule has 1 aromatic rings. The van der Waals surface area contributed by atoms with E-state index >= 15 is 0 Å². The summed E-state index contributed by atoms with van der Waals surface area (Å²) in [6.07, 6.45) is 3.80. The van der Waals surface area contributed by atoms with E-state index in [0.29, 0.717) is 0 Å². The molecule has 134 valence electrons. The number of benzene rings is 1. The van der Waals surface area contributed by atoms with Crippen molar-refractivity contribution in [3.05, 3.63) is 35.9 Å². The minimum Gasteiger partial charge on any atom is -0.379 e. The molecule has 0 spiro atoms. The van der Waals surface area contributed by atoms with Gasteiger partial charge in [-0.1, -0.05) is 30.3 Å². The summed E-state index contributed by atoms with van der Waals surface area (Å²) in [4.78, 5) is 2.23. The average molecular weight is 351 g/mol. The molecule has 1 unspecified atom stereocenters. The predicted molar refractivity (Wildman–Crippen MR) is 102 cm³/mol. The third kappa shape index (κ3) is 7.16. The fraction of sp³-hybridized carbons (Fsp3) is 0.632. The fourth-order valence-corrected chi connectivity index (χ4v) is 3.00. The maximum absolute atomic E-state index is 5.79. The second-order valence-electron chi connectivity index (χ2n) is 6.51. The lowest BCUT2D eigenvalue weighted by atomic mass is 10.2. The Hall–Kier alpha value is -1.17. The SMILES string of the molecule is CC(C)OCCCNC(=S)N(Cc1ccccc1)CC1CCCO1. The number of rotatable bonds is 9. The van der Waals surface area contributed by atoms with Crippen molar-refractivity contribution >= 4 is 17.3 Å². The Morgan fingerprint density at radius 1 is 1.38 bits per heavy atom. The molecule has 1 aliphatic heterocycles. The Morgan fingerprint density at radius 3 is 2.83 bits per heavy atom. The van der Waals surface area contributed by atoms with Crippen molar-refractivity contribution in [1.82, 2.24) is 10.2 Å². The first-order valence-electron chi connectivity index (χ1n) is 8.95. The molecule has 1 N–H and O–H groups in total. The summed E-state index contributed by atoms with van der Waals surface area (Å²) in [6, 6.07) is 10.5. The molecule has 0 bridgehead atoms. The maximum atomic E-state index is 5.79. The zero-order chi connectivity index (χ0) is 17.2. The quantitative estimate of drug-likeness (QED) is 0.546. The molecule has 0 aliphatic carbocycles. The molecule has 0 aromatic heterocycles. The van der Waals surface area contributed by atoms with E-state index < -0.39 is 0 Å². The highest BCUT2D eigenvalue weighted by Crippen LogP contribution is 2.15. The minimum atomic E-state index is 0.283. The normalized spacial score (nSPS) is 17.2. The van der Waals surface area contributed by atoms with Gasteiger partial charge in [0.15, 0.2) is 5.11 Å². The molecule has 1 aromatic carbocycles. The first kappa shape index (κ1) is 19.2. The number of ether oxygens (including phenoxy) is 2. The summed E-state index contributed by atoms with van der Waals surface area (Å²) in [5.74, 6) is 0. The van der Waals surface area contributed by atoms with Crippen LogP contribution in [0.25, 0.3) is 0 Å². The van der Waals surface area contributed by atoms with Crippen LogP contribution in [0.3, 0.4) is 0 Å². The Bertz CT molecular complexity index is 476. The maximum Gasteiger partial charge on any atom is 0.169 e. The molecular formula is C19H30N2O2S. The van der Waals surface area contributed by atoms with Crippen molar-refractivity contribution in [3.63, 3.8) is 0 Å². The van der Waals surface area contributed by atoms with Gasteiger partial charge in [-0.25, -0.2) is 0 Å². The number of hydrogen-bond acceptors (Lipinski definition) is 3. The third-order valence-corrected chi connectivity index (χ3v) is 4.40. The first-order chi connectivity index (χ1) is 11.6. The molecule has 1 aliphatic rings. The fourth-order valence-electron chi connectivity index (χ4n) is 2.76. The Kier molecular flexibility index (Phi) is 8.50. The molecule has 24 heavy (non-hydrogen) atoms. The number of thiocarbonyl (C=S) groups is 1. The van der Waals surface area contributed by atoms with Crippen molar-refractivity contribution in [2.45, 2.75) is 51.9 Å². The highest BCUT2D eigenvalue weighted by Gasteiger charge is 2.21. The van der Waals surface area contributed by atoms with Gasteiger partial charge in [0.1, 0.15) is 0 Å². The first-order valence-corrected chi connectivity index (χ1v) is 9.36. The lowest BCUT2D eigenvalue weighted by Gasteiger charge is -2.28. The van der Waals surface area contributed by atoms with Gasteiger partial charge in [0.05, 0.1) is 12.2 Å². The lowest BCUT2D eigenvalue weighted by Crippen LogP contribution is -2.43. The van der Waals surface area contributed by atoms with Crippen LogP contribution in [0.1, 0.15) is 38.7 Å². The summed E-state index contributed by atoms with van der Waals surface area (Å²) < 4.78 is 11.4. The zero-order valence-corrected chi connectivity index (χ0v) is 15.7. The molecule has 2 rings (SSSR count). The molecule has 0 radical (unpaired) electrons. The molecular weight excluding hydrogens is 320 g/mol. The Balaban J connectivity index is 1.82. The van der Waals surface area contributed by atoms with Crippen LogP contribution in [0.15, 0.2) is 30.3 Å². The van der Waals surface area contributed by atoms with Gasteiger partial charge in [0.2, 0.25) is 0 Å². The number of nitrogens with zero attached hydrogens (tertiary/aromatic N) is 1. The molecule has 1 saturated heterocycles. The smallest absolute Gasteiger partial charge is 0.169 e. The summed E-state index contributed by atoms with van der Waals surface area (Å²) in [6.45, 7) is 8.25. The van der Waals surface area contributed by atoms with Gasteiger partial charge >= 0.3 is 0 Å². The molecule has 4 nitrogen and oxygen atoms in total. The van der Waals surface area contributed by atoms with E-state index in [-0.39, 0.29) is 12.2 Å². The second-order valence-corrected chi connectivity index (χ2v) is 6.89. The van der Waals surface area contributed by atoms with E-state index in [1.807, 2.05) is 6.07 Å². The van der Waals surface area contributed by atoms with Gasteiger partial charge in [-0.2, -0.15) is 0 Å². The number of hydrogen-bond donors (Lipinski definition) is 1. The highest BCUT2D eigenvalue weighted by atomic mass is 32.1. The molecule has 0 saturated carbocycles. The van der Waals surface area contributed by atoms with Crippen LogP contribution in [0.4, 0.5) is 0 Å². The van der Waals surface area contributed by atoms with E-state index in [1.54, 1.807) is 0 Å². The summed E-state index contributed by atoms with van der Waals surface area (Å²) in [7, 11) is 0. The minimum absolute atomic E-state index is 0.283. The highest BCUT2D eigenvalue weighted by molar-refractivity contribution is 7.80. The van der Waals surface area contributed by atoms with E-state index in [4.69, 9.17) is 21.7 Å². The number of nitrogens with one attached hydrogen (secondary N) is 1. The second kappa shape index (κ2) is 10.6. The zero-order valence-electron chi connectivity index (χ0n) is 14.9. The van der Waals surface area contributed by atoms with Crippen LogP contribution in [0.2, 0.25) is 0 Å². The lowest BCUT2D eigenvalue weighted by molar-refractivity contribution is 0.0771. The van der Waals surface area contributed by atoms with Crippen molar-refractivity contribution in [2.24, 2.45) is 0 Å². The van der Waals surface area contributed by atoms with Gasteiger partial charge in [0.25, 0.3) is 0 Å². The van der Waals surface area contributed by atoms with Gasteiger partial charge in [-0.05, 0) is 50.9 Å². The largest absolute Gasteiger partial charge is 0.379 e. The molecule has 0 amide bonds. The van der Waals surface area contributed by atoms with Gasteiger partial charge in [-0.3, -0.25) is 0 Å². The van der Waals surface area contributed by atoms with E-state index in [1.165, 1.54) is 5.56 Å². The van der Waals surface area contributed by atoms with Gasteiger partial charge in [0, 0.05) is 32.8 Å². The molecule has 1 atom stereocenters. The predicted octanol–water partition coefficient (Wildman–Crippen LogP) is 3.36. The monoisotopic (exact) mass is 350 g/mol. The summed E-state index contributed by atoms with van der Waals surface area (Å²) >= 11 is 5.63. The van der Waals surface area contributed by atoms with Crippen LogP contribution in [-0.2, 0) is 16.0 Å². The summed E-state index contributed by atoms with van der Waals surface area (Å²) in [5, 5.41) is 4.18. The standard InChI is InChI=1S/C19H30N2O2S/c1-16(2)22-13-7-11-20-19(24)21(15-18-10-6-12-23-18)14-17-8-4-3-5-9-17/h3-5,8-9,16,18H,6-7,10-15H2,1-2H3,(H,20,24). The summed E-state index contributed by atoms with van der Waals surface area (Å²) in [5.41, 5.74) is 1.27. The van der Waals surface area contributed by atoms with Crippen molar-refractivity contribution < 1.29 is 9.47 Å².